The highest BCUT2D eigenvalue weighted by Crippen LogP contribution is 2.30. The molecule has 446 valence electrons. The number of allylic oxidation sites excluding steroid dienone is 2. The lowest BCUT2D eigenvalue weighted by Gasteiger charge is -2.39. The Morgan fingerprint density at radius 3 is 2.12 bits per heavy atom. The molecule has 3 unspecified atom stereocenters. The largest absolute Gasteiger partial charge is 0.497 e. The Bertz CT molecular complexity index is 2580. The van der Waals surface area contributed by atoms with Gasteiger partial charge in [0, 0.05) is 34.1 Å². The van der Waals surface area contributed by atoms with Crippen molar-refractivity contribution in [3.05, 3.63) is 65.8 Å². The molecule has 3 N–H and O–H groups in total. The summed E-state index contributed by atoms with van der Waals surface area (Å²) >= 11 is 0. The SMILES string of the molecule is CC[C@H](C)[C@H]1NC(=O)[C@@H](N(C)C(=O)C(CC(C)C)N(C)C(=O)C2C=C3C=CC=CC3OC2=O)[C@@H](C)OC(=O)[C@H](Cc2ccc(OC)cc2)N(C)C(=O)[C@@H]2CCCN2C(=O)[C@H](CC(C)C)NC(=O)[C@@H](C)C(=O)[C@H](C(C)C)OC(=O)C[C@@H]1O. The van der Waals surface area contributed by atoms with Crippen LogP contribution in [0.25, 0.3) is 0 Å². The van der Waals surface area contributed by atoms with Crippen LogP contribution >= 0.6 is 0 Å². The maximum Gasteiger partial charge on any atom is 0.329 e. The molecule has 0 radical (unpaired) electrons. The number of carbonyl (C=O) groups excluding carboxylic acids is 10. The number of carbonyl (C=O) groups is 10. The minimum Gasteiger partial charge on any atom is -0.497 e. The number of likely N-dealkylation sites (N-methyl/N-ethyl adjacent to an activating group) is 3. The van der Waals surface area contributed by atoms with Crippen LogP contribution in [0.4, 0.5) is 0 Å². The lowest BCUT2D eigenvalue weighted by molar-refractivity contribution is -0.166. The maximum atomic E-state index is 15.3. The second-order valence-electron chi connectivity index (χ2n) is 23.2. The number of benzene rings is 1. The van der Waals surface area contributed by atoms with E-state index in [2.05, 4.69) is 10.6 Å². The third kappa shape index (κ3) is 16.0. The quantitative estimate of drug-likeness (QED) is 0.136. The average molecular weight is 1130 g/mol. The zero-order chi connectivity index (χ0) is 60.3. The van der Waals surface area contributed by atoms with Crippen molar-refractivity contribution in [3.63, 3.8) is 0 Å². The van der Waals surface area contributed by atoms with Crippen molar-refractivity contribution >= 4 is 59.1 Å². The normalized spacial score (nSPS) is 28.3. The van der Waals surface area contributed by atoms with E-state index in [1.807, 2.05) is 27.7 Å². The zero-order valence-corrected chi connectivity index (χ0v) is 49.5. The molecule has 21 heteroatoms. The summed E-state index contributed by atoms with van der Waals surface area (Å²) in [6, 6.07) is -1.20. The van der Waals surface area contributed by atoms with E-state index >= 15 is 14.4 Å². The highest BCUT2D eigenvalue weighted by Gasteiger charge is 2.47. The molecule has 1 aliphatic carbocycles. The number of aliphatic hydroxyl groups is 1. The van der Waals surface area contributed by atoms with Crippen molar-refractivity contribution in [2.75, 3.05) is 34.8 Å². The van der Waals surface area contributed by atoms with Crippen LogP contribution in [0, 0.1) is 35.5 Å². The Hall–Kier alpha value is -6.90. The highest BCUT2D eigenvalue weighted by molar-refractivity contribution is 6.05. The number of nitrogens with one attached hydrogen (secondary N) is 2. The topological polar surface area (TPSA) is 265 Å². The number of methoxy groups -OCH3 is 1. The fourth-order valence-corrected chi connectivity index (χ4v) is 10.8. The van der Waals surface area contributed by atoms with Crippen LogP contribution in [0.3, 0.4) is 0 Å². The summed E-state index contributed by atoms with van der Waals surface area (Å²) in [7, 11) is 5.57. The number of rotatable bonds is 14. The van der Waals surface area contributed by atoms with Gasteiger partial charge in [0.15, 0.2) is 17.8 Å². The predicted molar refractivity (Wildman–Crippen MR) is 298 cm³/mol. The zero-order valence-electron chi connectivity index (χ0n) is 49.5. The van der Waals surface area contributed by atoms with E-state index in [0.29, 0.717) is 29.7 Å². The van der Waals surface area contributed by atoms with Gasteiger partial charge in [-0.2, -0.15) is 0 Å². The monoisotopic (exact) mass is 1130 g/mol. The second kappa shape index (κ2) is 28.7. The minimum absolute atomic E-state index is 0.0481. The van der Waals surface area contributed by atoms with Gasteiger partial charge in [0.25, 0.3) is 0 Å². The fourth-order valence-electron chi connectivity index (χ4n) is 10.8. The first kappa shape index (κ1) is 64.9. The van der Waals surface area contributed by atoms with Crippen LogP contribution in [-0.2, 0) is 68.6 Å². The molecule has 2 fully saturated rings. The van der Waals surface area contributed by atoms with Crippen LogP contribution in [0.1, 0.15) is 113 Å². The Balaban J connectivity index is 1.64. The average Bonchev–Trinajstić information content (AvgIpc) is 3.98. The van der Waals surface area contributed by atoms with E-state index in [1.165, 1.54) is 58.0 Å². The third-order valence-electron chi connectivity index (χ3n) is 15.9. The molecule has 0 bridgehead atoms. The summed E-state index contributed by atoms with van der Waals surface area (Å²) in [6.45, 7) is 17.0. The lowest BCUT2D eigenvalue weighted by atomic mass is 9.91. The third-order valence-corrected chi connectivity index (χ3v) is 15.9. The molecule has 3 aliphatic heterocycles. The molecule has 21 nitrogen and oxygen atoms in total. The Morgan fingerprint density at radius 1 is 0.852 bits per heavy atom. The second-order valence-corrected chi connectivity index (χ2v) is 23.2. The highest BCUT2D eigenvalue weighted by atomic mass is 16.6. The minimum atomic E-state index is -1.73. The molecular formula is C60H86N6O15. The van der Waals surface area contributed by atoms with Crippen molar-refractivity contribution in [1.82, 2.24) is 30.2 Å². The summed E-state index contributed by atoms with van der Waals surface area (Å²) in [6.07, 6.45) is 3.27. The number of Topliss-reactive ketones (excluding diaryl/α,β-unsaturated/α-hetero) is 1. The first-order valence-corrected chi connectivity index (χ1v) is 28.3. The van der Waals surface area contributed by atoms with Gasteiger partial charge in [0.1, 0.15) is 48.2 Å². The van der Waals surface area contributed by atoms with Gasteiger partial charge in [-0.25, -0.2) is 4.79 Å². The van der Waals surface area contributed by atoms with Crippen molar-refractivity contribution in [3.8, 4) is 5.75 Å². The molecule has 0 saturated carbocycles. The Morgan fingerprint density at radius 2 is 1.52 bits per heavy atom. The predicted octanol–water partition coefficient (Wildman–Crippen LogP) is 3.88. The summed E-state index contributed by atoms with van der Waals surface area (Å²) in [5.74, 6) is -12.0. The number of ketones is 1. The molecule has 4 aliphatic rings. The summed E-state index contributed by atoms with van der Waals surface area (Å²) in [4.78, 5) is 150. The van der Waals surface area contributed by atoms with E-state index in [9.17, 15) is 38.7 Å². The number of hydrogen-bond acceptors (Lipinski definition) is 15. The van der Waals surface area contributed by atoms with Gasteiger partial charge in [-0.15, -0.1) is 0 Å². The van der Waals surface area contributed by atoms with Gasteiger partial charge in [0.05, 0.1) is 31.6 Å². The van der Waals surface area contributed by atoms with E-state index in [0.717, 1.165) is 9.80 Å². The van der Waals surface area contributed by atoms with Gasteiger partial charge in [-0.05, 0) is 92.5 Å². The number of amides is 6. The van der Waals surface area contributed by atoms with Gasteiger partial charge in [-0.1, -0.05) is 98.2 Å². The summed E-state index contributed by atoms with van der Waals surface area (Å²) < 4.78 is 23.0. The standard InChI is InChI=1S/C60H86N6O15/c1-15-35(8)49-46(67)31-48(68)81-52(34(6)7)51(69)36(9)53(70)61-42(27-32(2)3)56(73)66-26-18-20-43(66)57(74)64(12)45(29-38-22-24-40(78-14)25-23-38)60(77)79-37(10)50(54(71)62-49)65(13)58(75)44(28-33(4)5)63(11)55(72)41-30-39-19-16-17-21-47(39)80-59(41)76/h16-17,19,21-25,30,32-37,41-47,49-50,52,67H,15,18,20,26-29,31H2,1-14H3,(H,61,70)(H,62,71)/t35-,36-,37+,41?,42-,43-,44?,45-,46-,47?,49+,50-,52-/m0/s1. The van der Waals surface area contributed by atoms with Crippen LogP contribution in [0.2, 0.25) is 0 Å². The fraction of sp³-hybridized carbons (Fsp3) is 0.633. The Kier molecular flexibility index (Phi) is 23.0. The summed E-state index contributed by atoms with van der Waals surface area (Å²) in [5.41, 5.74) is 1.15. The van der Waals surface area contributed by atoms with E-state index in [-0.39, 0.29) is 44.1 Å². The van der Waals surface area contributed by atoms with Crippen LogP contribution in [0.15, 0.2) is 60.2 Å². The maximum absolute atomic E-state index is 15.3. The molecule has 13 atom stereocenters. The molecule has 0 aromatic heterocycles. The number of fused-ring (bicyclic) bond motifs is 2. The molecule has 5 rings (SSSR count). The van der Waals surface area contributed by atoms with Crippen molar-refractivity contribution in [2.45, 2.75) is 175 Å². The van der Waals surface area contributed by atoms with Crippen molar-refractivity contribution in [2.24, 2.45) is 35.5 Å². The van der Waals surface area contributed by atoms with Gasteiger partial charge in [-0.3, -0.25) is 43.2 Å². The number of ether oxygens (including phenoxy) is 4. The molecule has 0 spiro atoms. The summed E-state index contributed by atoms with van der Waals surface area (Å²) in [5, 5.41) is 17.5. The number of esters is 3. The Labute approximate surface area is 476 Å². The smallest absolute Gasteiger partial charge is 0.329 e. The van der Waals surface area contributed by atoms with E-state index in [1.54, 1.807) is 76.3 Å². The molecule has 2 saturated heterocycles. The van der Waals surface area contributed by atoms with Crippen LogP contribution in [0.5, 0.6) is 5.75 Å². The van der Waals surface area contributed by atoms with Gasteiger partial charge >= 0.3 is 17.9 Å². The van der Waals surface area contributed by atoms with Gasteiger partial charge in [0.2, 0.25) is 35.4 Å². The van der Waals surface area contributed by atoms with Crippen LogP contribution < -0.4 is 15.4 Å². The number of cyclic esters (lactones) is 2. The molecule has 81 heavy (non-hydrogen) atoms. The van der Waals surface area contributed by atoms with E-state index < -0.39 is 150 Å². The number of nitrogens with zero attached hydrogens (tertiary/aromatic N) is 4. The molecule has 1 aromatic rings. The first-order valence-electron chi connectivity index (χ1n) is 28.3. The van der Waals surface area contributed by atoms with E-state index in [4.69, 9.17) is 18.9 Å². The molecule has 6 amide bonds. The molecule has 1 aromatic carbocycles. The van der Waals surface area contributed by atoms with Crippen molar-refractivity contribution in [1.29, 1.82) is 0 Å². The van der Waals surface area contributed by atoms with Crippen LogP contribution in [-0.4, -0.2) is 179 Å². The molecule has 3 heterocycles. The number of aliphatic hydroxyl groups excluding tert-OH is 1. The number of hydrogen-bond donors (Lipinski definition) is 3. The van der Waals surface area contributed by atoms with Crippen molar-refractivity contribution < 1.29 is 72.0 Å². The lowest BCUT2D eigenvalue weighted by Crippen LogP contribution is -2.62. The molecular weight excluding hydrogens is 1040 g/mol. The van der Waals surface area contributed by atoms with Gasteiger partial charge < -0.3 is 54.3 Å². The first-order chi connectivity index (χ1) is 38.1.